The summed E-state index contributed by atoms with van der Waals surface area (Å²) < 4.78 is 1.90. The molecule has 0 radical (unpaired) electrons. The fourth-order valence-corrected chi connectivity index (χ4v) is 1.93. The van der Waals surface area contributed by atoms with Gasteiger partial charge in [0.15, 0.2) is 0 Å². The van der Waals surface area contributed by atoms with Crippen molar-refractivity contribution in [1.29, 1.82) is 0 Å². The van der Waals surface area contributed by atoms with Crippen LogP contribution < -0.4 is 5.73 Å². The molecular weight excluding hydrogens is 210 g/mol. The van der Waals surface area contributed by atoms with Crippen LogP contribution in [0.1, 0.15) is 29.3 Å². The number of rotatable bonds is 4. The summed E-state index contributed by atoms with van der Waals surface area (Å²) in [6.45, 7) is 2.09. The molecule has 17 heavy (non-hydrogen) atoms. The van der Waals surface area contributed by atoms with Crippen LogP contribution in [-0.4, -0.2) is 9.78 Å². The van der Waals surface area contributed by atoms with Gasteiger partial charge in [0.2, 0.25) is 0 Å². The molecule has 0 aliphatic heterocycles. The van der Waals surface area contributed by atoms with E-state index in [-0.39, 0.29) is 6.04 Å². The van der Waals surface area contributed by atoms with Crippen molar-refractivity contribution in [1.82, 2.24) is 9.78 Å². The summed E-state index contributed by atoms with van der Waals surface area (Å²) in [6, 6.07) is 10.6. The van der Waals surface area contributed by atoms with E-state index in [1.807, 2.05) is 24.0 Å². The molecule has 1 atom stereocenters. The van der Waals surface area contributed by atoms with E-state index in [4.69, 9.17) is 5.73 Å². The maximum Gasteiger partial charge on any atom is 0.0492 e. The third-order valence-electron chi connectivity index (χ3n) is 3.14. The van der Waals surface area contributed by atoms with Crippen LogP contribution in [0.4, 0.5) is 0 Å². The summed E-state index contributed by atoms with van der Waals surface area (Å²) in [5, 5.41) is 4.15. The first kappa shape index (κ1) is 11.9. The Hall–Kier alpha value is -1.61. The average Bonchev–Trinajstić information content (AvgIpc) is 2.73. The van der Waals surface area contributed by atoms with E-state index >= 15 is 0 Å². The van der Waals surface area contributed by atoms with Gasteiger partial charge in [0.1, 0.15) is 0 Å². The summed E-state index contributed by atoms with van der Waals surface area (Å²) in [6.07, 6.45) is 3.74. The van der Waals surface area contributed by atoms with Gasteiger partial charge in [0, 0.05) is 25.0 Å². The lowest BCUT2D eigenvalue weighted by Crippen LogP contribution is -2.12. The van der Waals surface area contributed by atoms with Gasteiger partial charge >= 0.3 is 0 Å². The maximum absolute atomic E-state index is 6.18. The average molecular weight is 229 g/mol. The fourth-order valence-electron chi connectivity index (χ4n) is 1.93. The highest BCUT2D eigenvalue weighted by molar-refractivity contribution is 5.24. The molecule has 0 saturated heterocycles. The summed E-state index contributed by atoms with van der Waals surface area (Å²) >= 11 is 0. The molecule has 0 aliphatic rings. The lowest BCUT2D eigenvalue weighted by molar-refractivity contribution is 0.614. The van der Waals surface area contributed by atoms with Crippen LogP contribution in [0.5, 0.6) is 0 Å². The smallest absolute Gasteiger partial charge is 0.0492 e. The monoisotopic (exact) mass is 229 g/mol. The van der Waals surface area contributed by atoms with E-state index in [1.165, 1.54) is 16.8 Å². The topological polar surface area (TPSA) is 43.8 Å². The van der Waals surface area contributed by atoms with Crippen molar-refractivity contribution in [3.63, 3.8) is 0 Å². The van der Waals surface area contributed by atoms with E-state index in [0.717, 1.165) is 12.8 Å². The molecule has 2 aromatic rings. The van der Waals surface area contributed by atoms with Gasteiger partial charge in [0.25, 0.3) is 0 Å². The minimum Gasteiger partial charge on any atom is -0.324 e. The number of hydrogen-bond acceptors (Lipinski definition) is 2. The molecule has 3 heteroatoms. The highest BCUT2D eigenvalue weighted by Gasteiger charge is 2.07. The largest absolute Gasteiger partial charge is 0.324 e. The van der Waals surface area contributed by atoms with Crippen LogP contribution in [0.2, 0.25) is 0 Å². The number of hydrogen-bond donors (Lipinski definition) is 1. The van der Waals surface area contributed by atoms with Crippen molar-refractivity contribution in [2.24, 2.45) is 12.8 Å². The molecule has 90 valence electrons. The van der Waals surface area contributed by atoms with E-state index in [9.17, 15) is 0 Å². The van der Waals surface area contributed by atoms with Crippen molar-refractivity contribution >= 4 is 0 Å². The molecule has 2 rings (SSSR count). The minimum absolute atomic E-state index is 0.102. The Balaban J connectivity index is 1.95. The zero-order chi connectivity index (χ0) is 12.3. The van der Waals surface area contributed by atoms with Crippen molar-refractivity contribution in [3.8, 4) is 0 Å². The highest BCUT2D eigenvalue weighted by atomic mass is 15.2. The summed E-state index contributed by atoms with van der Waals surface area (Å²) in [5.74, 6) is 0. The third-order valence-corrected chi connectivity index (χ3v) is 3.14. The Bertz CT molecular complexity index is 470. The van der Waals surface area contributed by atoms with Gasteiger partial charge in [-0.25, -0.2) is 0 Å². The first-order valence-electron chi connectivity index (χ1n) is 5.96. The van der Waals surface area contributed by atoms with Crippen molar-refractivity contribution < 1.29 is 0 Å². The summed E-state index contributed by atoms with van der Waals surface area (Å²) in [5.41, 5.74) is 9.89. The molecule has 2 N–H and O–H groups in total. The fraction of sp³-hybridized carbons (Fsp3) is 0.357. The van der Waals surface area contributed by atoms with E-state index in [1.54, 1.807) is 0 Å². The molecule has 1 aromatic heterocycles. The lowest BCUT2D eigenvalue weighted by atomic mass is 10.0. The molecule has 0 saturated carbocycles. The molecular formula is C14H19N3. The van der Waals surface area contributed by atoms with E-state index < -0.39 is 0 Å². The first-order valence-corrected chi connectivity index (χ1v) is 5.96. The standard InChI is InChI=1S/C14H19N3/c1-11-3-5-12(6-4-11)14(15)8-7-13-9-10-16-17(13)2/h3-6,9-10,14H,7-8,15H2,1-2H3. The first-order chi connectivity index (χ1) is 8.16. The van der Waals surface area contributed by atoms with Gasteiger partial charge in [0.05, 0.1) is 0 Å². The van der Waals surface area contributed by atoms with Crippen LogP contribution in [0.3, 0.4) is 0 Å². The SMILES string of the molecule is Cc1ccc(C(N)CCc2ccnn2C)cc1. The van der Waals surface area contributed by atoms with Crippen molar-refractivity contribution in [3.05, 3.63) is 53.3 Å². The predicted molar refractivity (Wildman–Crippen MR) is 69.6 cm³/mol. The molecule has 1 heterocycles. The van der Waals surface area contributed by atoms with Gasteiger partial charge in [-0.15, -0.1) is 0 Å². The van der Waals surface area contributed by atoms with E-state index in [0.29, 0.717) is 0 Å². The number of aryl methyl sites for hydroxylation is 3. The van der Waals surface area contributed by atoms with Crippen LogP contribution in [-0.2, 0) is 13.5 Å². The predicted octanol–water partition coefficient (Wildman–Crippen LogP) is 2.36. The van der Waals surface area contributed by atoms with Gasteiger partial charge in [-0.2, -0.15) is 5.10 Å². The normalized spacial score (nSPS) is 12.6. The highest BCUT2D eigenvalue weighted by Crippen LogP contribution is 2.17. The Morgan fingerprint density at radius 2 is 1.94 bits per heavy atom. The Morgan fingerprint density at radius 1 is 1.24 bits per heavy atom. The quantitative estimate of drug-likeness (QED) is 0.874. The Morgan fingerprint density at radius 3 is 2.53 bits per heavy atom. The Labute approximate surface area is 102 Å². The van der Waals surface area contributed by atoms with Crippen LogP contribution in [0, 0.1) is 6.92 Å². The number of nitrogens with two attached hydrogens (primary N) is 1. The molecule has 0 bridgehead atoms. The molecule has 0 spiro atoms. The third kappa shape index (κ3) is 2.94. The molecule has 0 aliphatic carbocycles. The molecule has 0 amide bonds. The van der Waals surface area contributed by atoms with Gasteiger partial charge in [-0.1, -0.05) is 29.8 Å². The van der Waals surface area contributed by atoms with Crippen LogP contribution in [0.25, 0.3) is 0 Å². The Kier molecular flexibility index (Phi) is 3.59. The molecule has 3 nitrogen and oxygen atoms in total. The number of nitrogens with zero attached hydrogens (tertiary/aromatic N) is 2. The molecule has 0 fully saturated rings. The summed E-state index contributed by atoms with van der Waals surface area (Å²) in [7, 11) is 1.97. The second-order valence-electron chi connectivity index (χ2n) is 4.50. The number of benzene rings is 1. The lowest BCUT2D eigenvalue weighted by Gasteiger charge is -2.12. The van der Waals surface area contributed by atoms with Crippen LogP contribution >= 0.6 is 0 Å². The van der Waals surface area contributed by atoms with Crippen LogP contribution in [0.15, 0.2) is 36.5 Å². The van der Waals surface area contributed by atoms with Gasteiger partial charge < -0.3 is 5.73 Å². The van der Waals surface area contributed by atoms with Crippen molar-refractivity contribution in [2.75, 3.05) is 0 Å². The van der Waals surface area contributed by atoms with Gasteiger partial charge in [-0.3, -0.25) is 4.68 Å². The maximum atomic E-state index is 6.18. The van der Waals surface area contributed by atoms with Crippen molar-refractivity contribution in [2.45, 2.75) is 25.8 Å². The van der Waals surface area contributed by atoms with Gasteiger partial charge in [-0.05, 0) is 31.4 Å². The zero-order valence-electron chi connectivity index (χ0n) is 10.4. The second-order valence-corrected chi connectivity index (χ2v) is 4.50. The second kappa shape index (κ2) is 5.15. The minimum atomic E-state index is 0.102. The zero-order valence-corrected chi connectivity index (χ0v) is 10.4. The van der Waals surface area contributed by atoms with E-state index in [2.05, 4.69) is 36.3 Å². The molecule has 1 unspecified atom stereocenters. The summed E-state index contributed by atoms with van der Waals surface area (Å²) in [4.78, 5) is 0. The molecule has 1 aromatic carbocycles. The number of aromatic nitrogens is 2.